The molecule has 2 aromatic heterocycles. The van der Waals surface area contributed by atoms with Crippen LogP contribution in [0.25, 0.3) is 11.1 Å². The van der Waals surface area contributed by atoms with E-state index < -0.39 is 6.43 Å². The molecular weight excluding hydrogens is 312 g/mol. The van der Waals surface area contributed by atoms with E-state index >= 15 is 0 Å². The molecule has 0 aliphatic rings. The highest BCUT2D eigenvalue weighted by molar-refractivity contribution is 5.70. The minimum atomic E-state index is -2.63. The molecule has 2 heterocycles. The van der Waals surface area contributed by atoms with Crippen LogP contribution in [-0.2, 0) is 6.54 Å². The Bertz CT molecular complexity index is 845. The van der Waals surface area contributed by atoms with Gasteiger partial charge in [-0.15, -0.1) is 0 Å². The third-order valence-electron chi connectivity index (χ3n) is 3.43. The van der Waals surface area contributed by atoms with Crippen LogP contribution >= 0.6 is 0 Å². The van der Waals surface area contributed by atoms with Gasteiger partial charge in [0.25, 0.3) is 6.43 Å². The van der Waals surface area contributed by atoms with Gasteiger partial charge in [0.1, 0.15) is 5.69 Å². The first-order valence-corrected chi connectivity index (χ1v) is 7.37. The van der Waals surface area contributed by atoms with Crippen molar-refractivity contribution < 1.29 is 8.78 Å². The van der Waals surface area contributed by atoms with Crippen molar-refractivity contribution in [2.45, 2.75) is 19.9 Å². The van der Waals surface area contributed by atoms with E-state index in [2.05, 4.69) is 27.3 Å². The van der Waals surface area contributed by atoms with Gasteiger partial charge in [-0.05, 0) is 43.2 Å². The van der Waals surface area contributed by atoms with E-state index in [9.17, 15) is 8.78 Å². The molecule has 0 atom stereocenters. The Hall–Kier alpha value is -2.83. The summed E-state index contributed by atoms with van der Waals surface area (Å²) in [6.45, 7) is 6.29. The fraction of sp³-hybridized carbons (Fsp3) is 0.176. The monoisotopic (exact) mass is 328 g/mol. The van der Waals surface area contributed by atoms with Crippen LogP contribution in [0.3, 0.4) is 0 Å². The number of rotatable bonds is 5. The number of aryl methyl sites for hydroxylation is 1. The third kappa shape index (κ3) is 3.56. The van der Waals surface area contributed by atoms with Crippen LogP contribution < -0.4 is 5.32 Å². The Morgan fingerprint density at radius 1 is 1.25 bits per heavy atom. The van der Waals surface area contributed by atoms with Crippen molar-refractivity contribution in [2.24, 2.45) is 0 Å². The quantitative estimate of drug-likeness (QED) is 0.764. The summed E-state index contributed by atoms with van der Waals surface area (Å²) >= 11 is 0. The first kappa shape index (κ1) is 16.0. The number of hydrogen-bond donors (Lipinski definition) is 1. The summed E-state index contributed by atoms with van der Waals surface area (Å²) in [5.74, 6) is 0.137. The maximum absolute atomic E-state index is 12.7. The molecule has 0 saturated carbocycles. The van der Waals surface area contributed by atoms with Crippen molar-refractivity contribution in [2.75, 3.05) is 5.32 Å². The SMILES string of the molecule is [CH2]Cn1cc(-c2cc(C)cc(Nc3nccc(C(F)F)n3)c2)cn1. The molecule has 1 N–H and O–H groups in total. The molecule has 0 bridgehead atoms. The van der Waals surface area contributed by atoms with Crippen LogP contribution in [0.2, 0.25) is 0 Å². The topological polar surface area (TPSA) is 55.6 Å². The highest BCUT2D eigenvalue weighted by Crippen LogP contribution is 2.26. The predicted octanol–water partition coefficient (Wildman–Crippen LogP) is 4.16. The first-order valence-electron chi connectivity index (χ1n) is 7.37. The Balaban J connectivity index is 1.90. The van der Waals surface area contributed by atoms with E-state index in [-0.39, 0.29) is 11.6 Å². The largest absolute Gasteiger partial charge is 0.324 e. The van der Waals surface area contributed by atoms with E-state index in [1.54, 1.807) is 10.9 Å². The molecular formula is C17H16F2N5. The second kappa shape index (κ2) is 6.74. The zero-order valence-corrected chi connectivity index (χ0v) is 13.1. The van der Waals surface area contributed by atoms with Gasteiger partial charge in [-0.2, -0.15) is 5.10 Å². The van der Waals surface area contributed by atoms with Gasteiger partial charge < -0.3 is 5.32 Å². The molecule has 1 radical (unpaired) electrons. The Kier molecular flexibility index (Phi) is 4.50. The zero-order chi connectivity index (χ0) is 17.1. The van der Waals surface area contributed by atoms with Crippen LogP contribution in [0.5, 0.6) is 0 Å². The molecule has 3 aromatic rings. The Labute approximate surface area is 138 Å². The summed E-state index contributed by atoms with van der Waals surface area (Å²) in [5.41, 5.74) is 3.34. The van der Waals surface area contributed by atoms with Crippen molar-refractivity contribution in [1.82, 2.24) is 19.7 Å². The fourth-order valence-electron chi connectivity index (χ4n) is 2.34. The van der Waals surface area contributed by atoms with E-state index in [0.29, 0.717) is 6.54 Å². The van der Waals surface area contributed by atoms with E-state index in [1.165, 1.54) is 12.3 Å². The van der Waals surface area contributed by atoms with Gasteiger partial charge >= 0.3 is 0 Å². The number of nitrogens with one attached hydrogen (secondary N) is 1. The van der Waals surface area contributed by atoms with Gasteiger partial charge in [0, 0.05) is 30.2 Å². The van der Waals surface area contributed by atoms with Gasteiger partial charge in [0.2, 0.25) is 5.95 Å². The molecule has 1 aromatic carbocycles. The second-order valence-corrected chi connectivity index (χ2v) is 5.31. The lowest BCUT2D eigenvalue weighted by Gasteiger charge is -2.09. The first-order chi connectivity index (χ1) is 11.5. The minimum Gasteiger partial charge on any atom is -0.324 e. The summed E-state index contributed by atoms with van der Waals surface area (Å²) < 4.78 is 27.2. The van der Waals surface area contributed by atoms with Crippen LogP contribution in [0.15, 0.2) is 42.9 Å². The molecule has 5 nitrogen and oxygen atoms in total. The summed E-state index contributed by atoms with van der Waals surface area (Å²) in [7, 11) is 0. The summed E-state index contributed by atoms with van der Waals surface area (Å²) in [6, 6.07) is 7.01. The van der Waals surface area contributed by atoms with Crippen molar-refractivity contribution in [3.63, 3.8) is 0 Å². The maximum Gasteiger partial charge on any atom is 0.280 e. The molecule has 0 amide bonds. The average Bonchev–Trinajstić information content (AvgIpc) is 3.03. The molecule has 0 aliphatic carbocycles. The molecule has 0 unspecified atom stereocenters. The molecule has 123 valence electrons. The van der Waals surface area contributed by atoms with Crippen LogP contribution in [0.1, 0.15) is 17.7 Å². The molecule has 3 rings (SSSR count). The molecule has 0 fully saturated rings. The number of alkyl halides is 2. The number of nitrogens with zero attached hydrogens (tertiary/aromatic N) is 4. The van der Waals surface area contributed by atoms with Gasteiger partial charge in [-0.1, -0.05) is 6.07 Å². The minimum absolute atomic E-state index is 0.137. The lowest BCUT2D eigenvalue weighted by molar-refractivity contribution is 0.146. The molecule has 24 heavy (non-hydrogen) atoms. The average molecular weight is 328 g/mol. The molecule has 0 aliphatic heterocycles. The molecule has 7 heteroatoms. The lowest BCUT2D eigenvalue weighted by Crippen LogP contribution is -2.00. The smallest absolute Gasteiger partial charge is 0.280 e. The van der Waals surface area contributed by atoms with Gasteiger partial charge in [-0.25, -0.2) is 18.7 Å². The normalized spacial score (nSPS) is 11.0. The van der Waals surface area contributed by atoms with E-state index in [0.717, 1.165) is 22.4 Å². The number of benzene rings is 1. The van der Waals surface area contributed by atoms with Gasteiger partial charge in [0.05, 0.1) is 6.20 Å². The fourth-order valence-corrected chi connectivity index (χ4v) is 2.34. The highest BCUT2D eigenvalue weighted by Gasteiger charge is 2.10. The second-order valence-electron chi connectivity index (χ2n) is 5.31. The van der Waals surface area contributed by atoms with Crippen molar-refractivity contribution in [3.05, 3.63) is 61.0 Å². The standard InChI is InChI=1S/C17H16F2N5/c1-3-24-10-13(9-21-24)12-6-11(2)7-14(8-12)22-17-20-5-4-15(23-17)16(18)19/h4-10,16H,1,3H2,2H3,(H,20,22,23). The summed E-state index contributed by atoms with van der Waals surface area (Å²) in [6.07, 6.45) is 2.35. The molecule has 0 saturated heterocycles. The van der Waals surface area contributed by atoms with Crippen LogP contribution in [-0.4, -0.2) is 19.7 Å². The van der Waals surface area contributed by atoms with E-state index in [1.807, 2.05) is 31.3 Å². The van der Waals surface area contributed by atoms with Crippen LogP contribution in [0.4, 0.5) is 20.4 Å². The van der Waals surface area contributed by atoms with Crippen molar-refractivity contribution in [1.29, 1.82) is 0 Å². The van der Waals surface area contributed by atoms with Gasteiger partial charge in [0.15, 0.2) is 0 Å². The third-order valence-corrected chi connectivity index (χ3v) is 3.43. The highest BCUT2D eigenvalue weighted by atomic mass is 19.3. The lowest BCUT2D eigenvalue weighted by atomic mass is 10.1. The number of anilines is 2. The molecule has 0 spiro atoms. The van der Waals surface area contributed by atoms with Crippen LogP contribution in [0, 0.1) is 13.8 Å². The number of aromatic nitrogens is 4. The predicted molar refractivity (Wildman–Crippen MR) is 88.0 cm³/mol. The summed E-state index contributed by atoms with van der Waals surface area (Å²) in [5, 5.41) is 7.19. The summed E-state index contributed by atoms with van der Waals surface area (Å²) in [4.78, 5) is 7.81. The zero-order valence-electron chi connectivity index (χ0n) is 13.1. The number of halogens is 2. The van der Waals surface area contributed by atoms with Crippen molar-refractivity contribution in [3.8, 4) is 11.1 Å². The number of hydrogen-bond acceptors (Lipinski definition) is 4. The van der Waals surface area contributed by atoms with Crippen molar-refractivity contribution >= 4 is 11.6 Å². The maximum atomic E-state index is 12.7. The Morgan fingerprint density at radius 2 is 2.08 bits per heavy atom. The van der Waals surface area contributed by atoms with E-state index in [4.69, 9.17) is 0 Å². The Morgan fingerprint density at radius 3 is 2.79 bits per heavy atom. The van der Waals surface area contributed by atoms with Gasteiger partial charge in [-0.3, -0.25) is 4.68 Å².